The summed E-state index contributed by atoms with van der Waals surface area (Å²) < 4.78 is 26.4. The van der Waals surface area contributed by atoms with Crippen molar-refractivity contribution in [3.05, 3.63) is 17.5 Å². The van der Waals surface area contributed by atoms with Crippen LogP contribution in [0.2, 0.25) is 0 Å². The molecule has 0 aromatic carbocycles. The standard InChI is InChI=1S/C14H20N2O5S2/c1-2-14(13(18)19)6-4-7-16(10-14)11(17)9-15-23(20,21)12-5-3-8-22-12/h3,5,8,15H,2,4,6-7,9-10H2,1H3,(H,18,19)/t14-/m0/s1. The third kappa shape index (κ3) is 3.91. The SMILES string of the molecule is CC[C@]1(C(=O)O)CCCN(C(=O)CNS(=O)(=O)c2cccs2)C1. The summed E-state index contributed by atoms with van der Waals surface area (Å²) in [5, 5.41) is 11.1. The molecule has 9 heteroatoms. The van der Waals surface area contributed by atoms with Crippen LogP contribution < -0.4 is 4.72 Å². The van der Waals surface area contributed by atoms with E-state index in [1.165, 1.54) is 11.0 Å². The Hall–Kier alpha value is -1.45. The van der Waals surface area contributed by atoms with Gasteiger partial charge in [-0.25, -0.2) is 13.1 Å². The van der Waals surface area contributed by atoms with Crippen molar-refractivity contribution >= 4 is 33.2 Å². The van der Waals surface area contributed by atoms with Crippen LogP contribution in [0.5, 0.6) is 0 Å². The molecule has 1 atom stereocenters. The van der Waals surface area contributed by atoms with Crippen LogP contribution >= 0.6 is 11.3 Å². The molecular weight excluding hydrogens is 340 g/mol. The number of sulfonamides is 1. The van der Waals surface area contributed by atoms with Gasteiger partial charge in [-0.2, -0.15) is 0 Å². The fourth-order valence-electron chi connectivity index (χ4n) is 2.72. The zero-order chi connectivity index (χ0) is 17.1. The number of carboxylic acid groups (broad SMARTS) is 1. The van der Waals surface area contributed by atoms with Gasteiger partial charge in [0, 0.05) is 13.1 Å². The van der Waals surface area contributed by atoms with Crippen molar-refractivity contribution in [2.75, 3.05) is 19.6 Å². The molecule has 0 saturated carbocycles. The first-order valence-electron chi connectivity index (χ1n) is 7.35. The summed E-state index contributed by atoms with van der Waals surface area (Å²) in [7, 11) is -3.70. The van der Waals surface area contributed by atoms with E-state index in [-0.39, 0.29) is 17.3 Å². The normalized spacial score (nSPS) is 22.0. The number of hydrogen-bond acceptors (Lipinski definition) is 5. The third-order valence-electron chi connectivity index (χ3n) is 4.23. The van der Waals surface area contributed by atoms with Crippen LogP contribution in [0.3, 0.4) is 0 Å². The minimum Gasteiger partial charge on any atom is -0.481 e. The second-order valence-electron chi connectivity index (χ2n) is 5.61. The lowest BCUT2D eigenvalue weighted by Crippen LogP contribution is -2.51. The number of aliphatic carboxylic acids is 1. The van der Waals surface area contributed by atoms with E-state index in [1.807, 2.05) is 0 Å². The molecule has 2 rings (SSSR count). The molecule has 0 aliphatic carbocycles. The minimum atomic E-state index is -3.70. The Morgan fingerprint density at radius 3 is 2.78 bits per heavy atom. The number of nitrogens with one attached hydrogen (secondary N) is 1. The van der Waals surface area contributed by atoms with Gasteiger partial charge >= 0.3 is 5.97 Å². The number of carbonyl (C=O) groups is 2. The molecule has 0 bridgehead atoms. The van der Waals surface area contributed by atoms with E-state index in [0.717, 1.165) is 11.3 Å². The van der Waals surface area contributed by atoms with E-state index in [2.05, 4.69) is 4.72 Å². The number of thiophene rings is 1. The van der Waals surface area contributed by atoms with Crippen LogP contribution in [0.15, 0.2) is 21.7 Å². The van der Waals surface area contributed by atoms with Crippen LogP contribution in [0.4, 0.5) is 0 Å². The Kier molecular flexibility index (Phi) is 5.43. The zero-order valence-corrected chi connectivity index (χ0v) is 14.5. The van der Waals surface area contributed by atoms with E-state index < -0.39 is 27.3 Å². The molecule has 7 nitrogen and oxygen atoms in total. The predicted molar refractivity (Wildman–Crippen MR) is 85.7 cm³/mol. The molecule has 1 amide bonds. The second kappa shape index (κ2) is 6.98. The lowest BCUT2D eigenvalue weighted by molar-refractivity contribution is -0.155. The third-order valence-corrected chi connectivity index (χ3v) is 7.03. The molecule has 128 valence electrons. The molecule has 1 aromatic rings. The number of amides is 1. The van der Waals surface area contributed by atoms with Crippen molar-refractivity contribution in [1.29, 1.82) is 0 Å². The van der Waals surface area contributed by atoms with Gasteiger partial charge in [0.15, 0.2) is 0 Å². The van der Waals surface area contributed by atoms with Gasteiger partial charge in [-0.1, -0.05) is 13.0 Å². The zero-order valence-electron chi connectivity index (χ0n) is 12.8. The Morgan fingerprint density at radius 2 is 2.22 bits per heavy atom. The Morgan fingerprint density at radius 1 is 1.48 bits per heavy atom. The molecule has 2 N–H and O–H groups in total. The largest absolute Gasteiger partial charge is 0.481 e. The van der Waals surface area contributed by atoms with E-state index in [4.69, 9.17) is 0 Å². The molecule has 0 unspecified atom stereocenters. The molecule has 2 heterocycles. The number of nitrogens with zero attached hydrogens (tertiary/aromatic N) is 1. The summed E-state index contributed by atoms with van der Waals surface area (Å²) in [6.45, 7) is 2.01. The fourth-order valence-corrected chi connectivity index (χ4v) is 4.73. The molecular formula is C14H20N2O5S2. The minimum absolute atomic E-state index is 0.123. The van der Waals surface area contributed by atoms with Gasteiger partial charge in [-0.05, 0) is 30.7 Å². The lowest BCUT2D eigenvalue weighted by atomic mass is 9.77. The summed E-state index contributed by atoms with van der Waals surface area (Å²) in [6.07, 6.45) is 1.57. The first-order chi connectivity index (χ1) is 10.8. The number of rotatable bonds is 6. The fraction of sp³-hybridized carbons (Fsp3) is 0.571. The van der Waals surface area contributed by atoms with Crippen LogP contribution in [0.1, 0.15) is 26.2 Å². The van der Waals surface area contributed by atoms with Gasteiger partial charge in [0.05, 0.1) is 12.0 Å². The average molecular weight is 360 g/mol. The Balaban J connectivity index is 2.00. The molecule has 1 aliphatic rings. The van der Waals surface area contributed by atoms with Crippen LogP contribution in [0.25, 0.3) is 0 Å². The first-order valence-corrected chi connectivity index (χ1v) is 9.71. The maximum atomic E-state index is 12.3. The van der Waals surface area contributed by atoms with E-state index in [1.54, 1.807) is 18.4 Å². The number of likely N-dealkylation sites (tertiary alicyclic amines) is 1. The van der Waals surface area contributed by atoms with Crippen molar-refractivity contribution < 1.29 is 23.1 Å². The van der Waals surface area contributed by atoms with Crippen molar-refractivity contribution in [3.63, 3.8) is 0 Å². The number of carbonyl (C=O) groups excluding carboxylic acids is 1. The van der Waals surface area contributed by atoms with Crippen molar-refractivity contribution in [3.8, 4) is 0 Å². The van der Waals surface area contributed by atoms with Gasteiger partial charge in [-0.15, -0.1) is 11.3 Å². The molecule has 0 radical (unpaired) electrons. The van der Waals surface area contributed by atoms with Crippen LogP contribution in [0, 0.1) is 5.41 Å². The molecule has 1 fully saturated rings. The number of piperidine rings is 1. The monoisotopic (exact) mass is 360 g/mol. The van der Waals surface area contributed by atoms with Crippen molar-refractivity contribution in [1.82, 2.24) is 9.62 Å². The van der Waals surface area contributed by atoms with Gasteiger partial charge < -0.3 is 10.0 Å². The maximum Gasteiger partial charge on any atom is 0.311 e. The lowest BCUT2D eigenvalue weighted by Gasteiger charge is -2.39. The van der Waals surface area contributed by atoms with E-state index in [0.29, 0.717) is 25.8 Å². The highest BCUT2D eigenvalue weighted by atomic mass is 32.2. The first kappa shape index (κ1) is 17.9. The summed E-state index contributed by atoms with van der Waals surface area (Å²) >= 11 is 1.07. The van der Waals surface area contributed by atoms with E-state index >= 15 is 0 Å². The Labute approximate surface area is 139 Å². The van der Waals surface area contributed by atoms with Crippen molar-refractivity contribution in [2.24, 2.45) is 5.41 Å². The van der Waals surface area contributed by atoms with Gasteiger partial charge in [0.1, 0.15) is 4.21 Å². The number of hydrogen-bond donors (Lipinski definition) is 2. The summed E-state index contributed by atoms with van der Waals surface area (Å²) in [5.41, 5.74) is -0.930. The molecule has 23 heavy (non-hydrogen) atoms. The van der Waals surface area contributed by atoms with Crippen molar-refractivity contribution in [2.45, 2.75) is 30.4 Å². The Bertz CT molecular complexity index is 671. The number of carboxylic acids is 1. The van der Waals surface area contributed by atoms with Gasteiger partial charge in [0.25, 0.3) is 10.0 Å². The van der Waals surface area contributed by atoms with Gasteiger partial charge in [-0.3, -0.25) is 9.59 Å². The highest BCUT2D eigenvalue weighted by Gasteiger charge is 2.42. The maximum absolute atomic E-state index is 12.3. The van der Waals surface area contributed by atoms with Gasteiger partial charge in [0.2, 0.25) is 5.91 Å². The highest BCUT2D eigenvalue weighted by Crippen LogP contribution is 2.33. The van der Waals surface area contributed by atoms with Crippen LogP contribution in [-0.2, 0) is 19.6 Å². The van der Waals surface area contributed by atoms with Crippen LogP contribution in [-0.4, -0.2) is 49.9 Å². The molecule has 1 aliphatic heterocycles. The highest BCUT2D eigenvalue weighted by molar-refractivity contribution is 7.91. The molecule has 1 saturated heterocycles. The van der Waals surface area contributed by atoms with E-state index in [9.17, 15) is 23.1 Å². The molecule has 0 spiro atoms. The predicted octanol–water partition coefficient (Wildman–Crippen LogP) is 1.13. The second-order valence-corrected chi connectivity index (χ2v) is 8.56. The smallest absolute Gasteiger partial charge is 0.311 e. The summed E-state index contributed by atoms with van der Waals surface area (Å²) in [4.78, 5) is 25.2. The quantitative estimate of drug-likeness (QED) is 0.791. The average Bonchev–Trinajstić information content (AvgIpc) is 3.08. The summed E-state index contributed by atoms with van der Waals surface area (Å²) in [6, 6.07) is 3.08. The summed E-state index contributed by atoms with van der Waals surface area (Å²) in [5.74, 6) is -1.31. The molecule has 1 aromatic heterocycles. The topological polar surface area (TPSA) is 104 Å².